The minimum atomic E-state index is 0.469. The second kappa shape index (κ2) is 3.67. The van der Waals surface area contributed by atoms with Crippen molar-refractivity contribution in [2.45, 2.75) is 6.54 Å². The molecule has 0 radical (unpaired) electrons. The van der Waals surface area contributed by atoms with Gasteiger partial charge in [-0.05, 0) is 18.2 Å². The van der Waals surface area contributed by atoms with E-state index in [1.165, 1.54) is 0 Å². The highest BCUT2D eigenvalue weighted by Crippen LogP contribution is 2.15. The molecular formula is C9H9ClN4. The number of hydrogen-bond donors (Lipinski definition) is 1. The van der Waals surface area contributed by atoms with Crippen LogP contribution < -0.4 is 5.73 Å². The molecule has 0 saturated carbocycles. The van der Waals surface area contributed by atoms with Gasteiger partial charge in [-0.2, -0.15) is 5.10 Å². The molecule has 0 spiro atoms. The second-order valence-electron chi connectivity index (χ2n) is 2.87. The standard InChI is InChI=1S/C9H9ClN4/c10-7-2-3-9(11)13-8(7)6-14-5-1-4-12-14/h1-5H,6H2,(H2,11,13). The Balaban J connectivity index is 2.28. The molecule has 2 aromatic heterocycles. The Kier molecular flexibility index (Phi) is 2.37. The first-order chi connectivity index (χ1) is 6.75. The van der Waals surface area contributed by atoms with Gasteiger partial charge < -0.3 is 5.73 Å². The van der Waals surface area contributed by atoms with Crippen molar-refractivity contribution < 1.29 is 0 Å². The van der Waals surface area contributed by atoms with Gasteiger partial charge in [0.05, 0.1) is 17.3 Å². The Labute approximate surface area is 86.3 Å². The van der Waals surface area contributed by atoms with E-state index in [1.54, 1.807) is 23.0 Å². The summed E-state index contributed by atoms with van der Waals surface area (Å²) in [7, 11) is 0. The highest BCUT2D eigenvalue weighted by Gasteiger charge is 2.03. The van der Waals surface area contributed by atoms with E-state index in [4.69, 9.17) is 17.3 Å². The van der Waals surface area contributed by atoms with Gasteiger partial charge in [-0.3, -0.25) is 4.68 Å². The number of nitrogens with two attached hydrogens (primary N) is 1. The van der Waals surface area contributed by atoms with E-state index in [-0.39, 0.29) is 0 Å². The Bertz CT molecular complexity index is 424. The lowest BCUT2D eigenvalue weighted by atomic mass is 10.3. The molecule has 0 aliphatic rings. The third-order valence-corrected chi connectivity index (χ3v) is 2.16. The number of aromatic nitrogens is 3. The predicted molar refractivity (Wildman–Crippen MR) is 55.0 cm³/mol. The fourth-order valence-electron chi connectivity index (χ4n) is 1.16. The third-order valence-electron chi connectivity index (χ3n) is 1.81. The van der Waals surface area contributed by atoms with Gasteiger partial charge in [0.1, 0.15) is 5.82 Å². The van der Waals surface area contributed by atoms with Gasteiger partial charge in [0, 0.05) is 12.4 Å². The summed E-state index contributed by atoms with van der Waals surface area (Å²) in [5.74, 6) is 0.469. The van der Waals surface area contributed by atoms with E-state index in [2.05, 4.69) is 10.1 Å². The SMILES string of the molecule is Nc1ccc(Cl)c(Cn2cccn2)n1. The Morgan fingerprint density at radius 2 is 2.29 bits per heavy atom. The molecule has 2 heterocycles. The van der Waals surface area contributed by atoms with Crippen LogP contribution in [0, 0.1) is 0 Å². The van der Waals surface area contributed by atoms with Gasteiger partial charge in [-0.1, -0.05) is 11.6 Å². The molecule has 0 aliphatic carbocycles. The zero-order chi connectivity index (χ0) is 9.97. The number of rotatable bonds is 2. The number of nitrogen functional groups attached to an aromatic ring is 1. The number of halogens is 1. The molecule has 0 atom stereocenters. The first-order valence-electron chi connectivity index (χ1n) is 4.14. The lowest BCUT2D eigenvalue weighted by Gasteiger charge is -2.04. The van der Waals surface area contributed by atoms with Gasteiger partial charge in [-0.15, -0.1) is 0 Å². The fourth-order valence-corrected chi connectivity index (χ4v) is 1.32. The number of hydrogen-bond acceptors (Lipinski definition) is 3. The molecule has 14 heavy (non-hydrogen) atoms. The van der Waals surface area contributed by atoms with Gasteiger partial charge in [0.25, 0.3) is 0 Å². The van der Waals surface area contributed by atoms with Crippen molar-refractivity contribution in [3.8, 4) is 0 Å². The summed E-state index contributed by atoms with van der Waals surface area (Å²) in [6, 6.07) is 5.26. The number of pyridine rings is 1. The summed E-state index contributed by atoms with van der Waals surface area (Å²) in [5, 5.41) is 4.67. The summed E-state index contributed by atoms with van der Waals surface area (Å²) in [5.41, 5.74) is 6.29. The van der Waals surface area contributed by atoms with E-state index in [9.17, 15) is 0 Å². The topological polar surface area (TPSA) is 56.7 Å². The maximum Gasteiger partial charge on any atom is 0.123 e. The molecule has 2 N–H and O–H groups in total. The van der Waals surface area contributed by atoms with Gasteiger partial charge in [0.2, 0.25) is 0 Å². The number of anilines is 1. The van der Waals surface area contributed by atoms with Crippen LogP contribution >= 0.6 is 11.6 Å². The van der Waals surface area contributed by atoms with E-state index in [0.717, 1.165) is 5.69 Å². The Hall–Kier alpha value is -1.55. The first kappa shape index (κ1) is 9.02. The Morgan fingerprint density at radius 3 is 3.00 bits per heavy atom. The van der Waals surface area contributed by atoms with Crippen LogP contribution in [0.4, 0.5) is 5.82 Å². The molecule has 0 amide bonds. The lowest BCUT2D eigenvalue weighted by Crippen LogP contribution is -2.04. The van der Waals surface area contributed by atoms with Crippen LogP contribution in [0.2, 0.25) is 5.02 Å². The molecule has 5 heteroatoms. The van der Waals surface area contributed by atoms with E-state index >= 15 is 0 Å². The minimum absolute atomic E-state index is 0.469. The molecular weight excluding hydrogens is 200 g/mol. The second-order valence-corrected chi connectivity index (χ2v) is 3.28. The van der Waals surface area contributed by atoms with Crippen LogP contribution in [0.3, 0.4) is 0 Å². The van der Waals surface area contributed by atoms with Crippen molar-refractivity contribution in [1.29, 1.82) is 0 Å². The first-order valence-corrected chi connectivity index (χ1v) is 4.52. The van der Waals surface area contributed by atoms with Crippen LogP contribution in [-0.4, -0.2) is 14.8 Å². The largest absolute Gasteiger partial charge is 0.384 e. The minimum Gasteiger partial charge on any atom is -0.384 e. The van der Waals surface area contributed by atoms with E-state index < -0.39 is 0 Å². The van der Waals surface area contributed by atoms with Crippen LogP contribution in [0.25, 0.3) is 0 Å². The van der Waals surface area contributed by atoms with Crippen molar-refractivity contribution in [2.75, 3.05) is 5.73 Å². The van der Waals surface area contributed by atoms with Gasteiger partial charge in [0.15, 0.2) is 0 Å². The maximum atomic E-state index is 5.95. The molecule has 0 bridgehead atoms. The average Bonchev–Trinajstić information content (AvgIpc) is 2.64. The number of nitrogens with zero attached hydrogens (tertiary/aromatic N) is 3. The van der Waals surface area contributed by atoms with Crippen molar-refractivity contribution in [1.82, 2.24) is 14.8 Å². The highest BCUT2D eigenvalue weighted by atomic mass is 35.5. The van der Waals surface area contributed by atoms with Crippen LogP contribution in [-0.2, 0) is 6.54 Å². The normalized spacial score (nSPS) is 10.4. The molecule has 4 nitrogen and oxygen atoms in total. The fraction of sp³-hybridized carbons (Fsp3) is 0.111. The zero-order valence-electron chi connectivity index (χ0n) is 7.39. The molecule has 0 unspecified atom stereocenters. The smallest absolute Gasteiger partial charge is 0.123 e. The van der Waals surface area contributed by atoms with Crippen LogP contribution in [0.15, 0.2) is 30.6 Å². The zero-order valence-corrected chi connectivity index (χ0v) is 8.15. The monoisotopic (exact) mass is 208 g/mol. The lowest BCUT2D eigenvalue weighted by molar-refractivity contribution is 0.673. The molecule has 0 aromatic carbocycles. The molecule has 2 rings (SSSR count). The van der Waals surface area contributed by atoms with E-state index in [0.29, 0.717) is 17.4 Å². The van der Waals surface area contributed by atoms with Crippen LogP contribution in [0.5, 0.6) is 0 Å². The summed E-state index contributed by atoms with van der Waals surface area (Å²) in [4.78, 5) is 4.13. The van der Waals surface area contributed by atoms with Crippen molar-refractivity contribution in [2.24, 2.45) is 0 Å². The maximum absolute atomic E-state index is 5.95. The summed E-state index contributed by atoms with van der Waals surface area (Å²) in [6.45, 7) is 0.539. The molecule has 0 aliphatic heterocycles. The Morgan fingerprint density at radius 1 is 1.43 bits per heavy atom. The summed E-state index contributed by atoms with van der Waals surface area (Å²) < 4.78 is 1.74. The molecule has 0 saturated heterocycles. The van der Waals surface area contributed by atoms with E-state index in [1.807, 2.05) is 12.3 Å². The average molecular weight is 209 g/mol. The quantitative estimate of drug-likeness (QED) is 0.815. The van der Waals surface area contributed by atoms with Crippen molar-refractivity contribution >= 4 is 17.4 Å². The van der Waals surface area contributed by atoms with Crippen LogP contribution in [0.1, 0.15) is 5.69 Å². The summed E-state index contributed by atoms with van der Waals surface area (Å²) >= 11 is 5.95. The highest BCUT2D eigenvalue weighted by molar-refractivity contribution is 6.31. The third kappa shape index (κ3) is 1.85. The molecule has 0 fully saturated rings. The predicted octanol–water partition coefficient (Wildman–Crippen LogP) is 1.56. The molecule has 2 aromatic rings. The molecule has 72 valence electrons. The van der Waals surface area contributed by atoms with Crippen molar-refractivity contribution in [3.05, 3.63) is 41.3 Å². The summed E-state index contributed by atoms with van der Waals surface area (Å²) in [6.07, 6.45) is 3.56. The van der Waals surface area contributed by atoms with Gasteiger partial charge in [-0.25, -0.2) is 4.98 Å². The van der Waals surface area contributed by atoms with Crippen molar-refractivity contribution in [3.63, 3.8) is 0 Å². The van der Waals surface area contributed by atoms with Gasteiger partial charge >= 0.3 is 0 Å².